The van der Waals surface area contributed by atoms with Gasteiger partial charge in [0.25, 0.3) is 0 Å². The first kappa shape index (κ1) is 12.8. The van der Waals surface area contributed by atoms with Gasteiger partial charge in [-0.05, 0) is 37.8 Å². The van der Waals surface area contributed by atoms with Crippen LogP contribution in [0.2, 0.25) is 0 Å². The van der Waals surface area contributed by atoms with Crippen molar-refractivity contribution in [1.82, 2.24) is 9.80 Å². The molecule has 4 nitrogen and oxygen atoms in total. The van der Waals surface area contributed by atoms with E-state index < -0.39 is 0 Å². The van der Waals surface area contributed by atoms with Crippen molar-refractivity contribution in [2.45, 2.75) is 25.7 Å². The molecule has 1 saturated heterocycles. The van der Waals surface area contributed by atoms with Gasteiger partial charge in [0.2, 0.25) is 0 Å². The van der Waals surface area contributed by atoms with Gasteiger partial charge in [0.15, 0.2) is 0 Å². The zero-order valence-electron chi connectivity index (χ0n) is 10.6. The van der Waals surface area contributed by atoms with E-state index in [0.29, 0.717) is 5.41 Å². The van der Waals surface area contributed by atoms with Crippen molar-refractivity contribution in [3.05, 3.63) is 0 Å². The SMILES string of the molecule is N#CCC1(CN2CCCN(CCO)CC2)CC1. The highest BCUT2D eigenvalue weighted by molar-refractivity contribution is 5.01. The summed E-state index contributed by atoms with van der Waals surface area (Å²) in [5.74, 6) is 0. The molecule has 0 atom stereocenters. The van der Waals surface area contributed by atoms with Gasteiger partial charge in [0.1, 0.15) is 0 Å². The van der Waals surface area contributed by atoms with E-state index >= 15 is 0 Å². The maximum atomic E-state index is 8.95. The molecule has 1 aliphatic carbocycles. The Hall–Kier alpha value is -0.630. The van der Waals surface area contributed by atoms with E-state index in [9.17, 15) is 0 Å². The Morgan fingerprint density at radius 1 is 1.12 bits per heavy atom. The fourth-order valence-electron chi connectivity index (χ4n) is 2.76. The lowest BCUT2D eigenvalue weighted by Gasteiger charge is -2.25. The van der Waals surface area contributed by atoms with E-state index in [-0.39, 0.29) is 6.61 Å². The summed E-state index contributed by atoms with van der Waals surface area (Å²) in [6, 6.07) is 2.33. The predicted molar refractivity (Wildman–Crippen MR) is 66.5 cm³/mol. The second-order valence-corrected chi connectivity index (χ2v) is 5.53. The maximum Gasteiger partial charge on any atom is 0.0628 e. The molecule has 2 fully saturated rings. The lowest BCUT2D eigenvalue weighted by Crippen LogP contribution is -2.35. The van der Waals surface area contributed by atoms with Gasteiger partial charge in [-0.1, -0.05) is 0 Å². The summed E-state index contributed by atoms with van der Waals surface area (Å²) in [5, 5.41) is 17.8. The Bertz CT molecular complexity index is 283. The molecule has 0 aromatic rings. The molecule has 0 radical (unpaired) electrons. The zero-order chi connectivity index (χ0) is 12.1. The average Bonchev–Trinajstić information content (AvgIpc) is 3.07. The van der Waals surface area contributed by atoms with E-state index in [1.807, 2.05) is 0 Å². The first-order valence-electron chi connectivity index (χ1n) is 6.70. The molecule has 96 valence electrons. The molecule has 1 saturated carbocycles. The number of hydrogen-bond donors (Lipinski definition) is 1. The third-order valence-electron chi connectivity index (χ3n) is 4.07. The van der Waals surface area contributed by atoms with Crippen LogP contribution >= 0.6 is 0 Å². The summed E-state index contributed by atoms with van der Waals surface area (Å²) in [6.45, 7) is 6.57. The monoisotopic (exact) mass is 237 g/mol. The fraction of sp³-hybridized carbons (Fsp3) is 0.923. The smallest absolute Gasteiger partial charge is 0.0628 e. The summed E-state index contributed by atoms with van der Waals surface area (Å²) < 4.78 is 0. The first-order valence-corrected chi connectivity index (χ1v) is 6.70. The molecule has 0 spiro atoms. The van der Waals surface area contributed by atoms with Crippen LogP contribution in [0.15, 0.2) is 0 Å². The van der Waals surface area contributed by atoms with Gasteiger partial charge in [-0.15, -0.1) is 0 Å². The van der Waals surface area contributed by atoms with Crippen LogP contribution in [0.25, 0.3) is 0 Å². The van der Waals surface area contributed by atoms with Gasteiger partial charge in [-0.25, -0.2) is 0 Å². The first-order chi connectivity index (χ1) is 8.28. The molecule has 4 heteroatoms. The highest BCUT2D eigenvalue weighted by atomic mass is 16.3. The van der Waals surface area contributed by atoms with Gasteiger partial charge in [-0.2, -0.15) is 5.26 Å². The highest BCUT2D eigenvalue weighted by Gasteiger charge is 2.43. The van der Waals surface area contributed by atoms with E-state index in [1.54, 1.807) is 0 Å². The van der Waals surface area contributed by atoms with Crippen molar-refractivity contribution in [2.24, 2.45) is 5.41 Å². The number of β-amino-alcohol motifs (C(OH)–C–C–N with tert-alkyl or cyclic N) is 1. The van der Waals surface area contributed by atoms with Crippen molar-refractivity contribution < 1.29 is 5.11 Å². The van der Waals surface area contributed by atoms with Crippen molar-refractivity contribution in [3.63, 3.8) is 0 Å². The van der Waals surface area contributed by atoms with Gasteiger partial charge in [0, 0.05) is 32.6 Å². The Balaban J connectivity index is 1.77. The number of aliphatic hydroxyl groups is 1. The van der Waals surface area contributed by atoms with Crippen LogP contribution in [0.4, 0.5) is 0 Å². The standard InChI is InChI=1S/C13H23N3O/c14-5-4-13(2-3-13)12-16-7-1-6-15(8-9-16)10-11-17/h17H,1-4,6-12H2. The minimum absolute atomic E-state index is 0.262. The molecule has 0 bridgehead atoms. The number of hydrogen-bond acceptors (Lipinski definition) is 4. The molecule has 0 unspecified atom stereocenters. The molecule has 1 aliphatic heterocycles. The Labute approximate surface area is 104 Å². The summed E-state index contributed by atoms with van der Waals surface area (Å²) in [5.41, 5.74) is 0.334. The Morgan fingerprint density at radius 2 is 1.82 bits per heavy atom. The molecule has 1 heterocycles. The highest BCUT2D eigenvalue weighted by Crippen LogP contribution is 2.49. The van der Waals surface area contributed by atoms with Gasteiger partial charge in [0.05, 0.1) is 12.7 Å². The van der Waals surface area contributed by atoms with Crippen LogP contribution in [0.3, 0.4) is 0 Å². The molecule has 17 heavy (non-hydrogen) atoms. The molecule has 0 amide bonds. The summed E-state index contributed by atoms with van der Waals surface area (Å²) in [7, 11) is 0. The van der Waals surface area contributed by atoms with Crippen LogP contribution < -0.4 is 0 Å². The second kappa shape index (κ2) is 5.81. The van der Waals surface area contributed by atoms with Crippen molar-refractivity contribution >= 4 is 0 Å². The topological polar surface area (TPSA) is 50.5 Å². The third kappa shape index (κ3) is 3.67. The van der Waals surface area contributed by atoms with E-state index in [2.05, 4.69) is 15.9 Å². The van der Waals surface area contributed by atoms with Crippen LogP contribution in [0.5, 0.6) is 0 Å². The minimum Gasteiger partial charge on any atom is -0.395 e. The van der Waals surface area contributed by atoms with Gasteiger partial charge < -0.3 is 10.0 Å². The normalized spacial score (nSPS) is 25.2. The van der Waals surface area contributed by atoms with Crippen LogP contribution in [-0.4, -0.2) is 60.8 Å². The molecular formula is C13H23N3O. The number of nitrogens with zero attached hydrogens (tertiary/aromatic N) is 3. The quantitative estimate of drug-likeness (QED) is 0.764. The lowest BCUT2D eigenvalue weighted by atomic mass is 10.0. The van der Waals surface area contributed by atoms with E-state index in [1.165, 1.54) is 19.3 Å². The average molecular weight is 237 g/mol. The third-order valence-corrected chi connectivity index (χ3v) is 4.07. The summed E-state index contributed by atoms with van der Waals surface area (Å²) in [4.78, 5) is 4.85. The fourth-order valence-corrected chi connectivity index (χ4v) is 2.76. The summed E-state index contributed by atoms with van der Waals surface area (Å²) in [6.07, 6.45) is 4.38. The van der Waals surface area contributed by atoms with E-state index in [0.717, 1.165) is 45.7 Å². The number of aliphatic hydroxyl groups excluding tert-OH is 1. The largest absolute Gasteiger partial charge is 0.395 e. The zero-order valence-corrected chi connectivity index (χ0v) is 10.6. The molecule has 1 N–H and O–H groups in total. The van der Waals surface area contributed by atoms with E-state index in [4.69, 9.17) is 10.4 Å². The Kier molecular flexibility index (Phi) is 4.38. The minimum atomic E-state index is 0.262. The molecular weight excluding hydrogens is 214 g/mol. The van der Waals surface area contributed by atoms with Crippen LogP contribution in [0, 0.1) is 16.7 Å². The number of nitriles is 1. The van der Waals surface area contributed by atoms with Crippen molar-refractivity contribution in [3.8, 4) is 6.07 Å². The van der Waals surface area contributed by atoms with Gasteiger partial charge in [-0.3, -0.25) is 4.90 Å². The van der Waals surface area contributed by atoms with Crippen LogP contribution in [0.1, 0.15) is 25.7 Å². The summed E-state index contributed by atoms with van der Waals surface area (Å²) >= 11 is 0. The Morgan fingerprint density at radius 3 is 2.47 bits per heavy atom. The van der Waals surface area contributed by atoms with Crippen LogP contribution in [-0.2, 0) is 0 Å². The maximum absolute atomic E-state index is 8.95. The molecule has 2 rings (SSSR count). The number of rotatable bonds is 5. The van der Waals surface area contributed by atoms with Crippen molar-refractivity contribution in [1.29, 1.82) is 5.26 Å². The van der Waals surface area contributed by atoms with Crippen molar-refractivity contribution in [2.75, 3.05) is 45.9 Å². The van der Waals surface area contributed by atoms with Gasteiger partial charge >= 0.3 is 0 Å². The second-order valence-electron chi connectivity index (χ2n) is 5.53. The molecule has 2 aliphatic rings. The lowest BCUT2D eigenvalue weighted by molar-refractivity contribution is 0.189. The molecule has 0 aromatic carbocycles. The molecule has 0 aromatic heterocycles. The predicted octanol–water partition coefficient (Wildman–Crippen LogP) is 0.680.